The Balaban J connectivity index is 1.80. The van der Waals surface area contributed by atoms with E-state index in [1.54, 1.807) is 55.6 Å². The van der Waals surface area contributed by atoms with Crippen LogP contribution in [0.2, 0.25) is 0 Å². The fraction of sp³-hybridized carbons (Fsp3) is 0.154. The normalized spacial score (nSPS) is 11.6. The molecular weight excluding hydrogens is 433 g/mol. The summed E-state index contributed by atoms with van der Waals surface area (Å²) >= 11 is 0. The van der Waals surface area contributed by atoms with E-state index >= 15 is 0 Å². The fourth-order valence-electron chi connectivity index (χ4n) is 3.86. The summed E-state index contributed by atoms with van der Waals surface area (Å²) in [5.74, 6) is -0.0588. The van der Waals surface area contributed by atoms with E-state index in [4.69, 9.17) is 10.2 Å². The SMILES string of the molecule is CCC(c1nc2ccccc2c(=O)n1-c1ccc(F)cc1)N(C)C(=O)Nc1cccc(C#N)c1. The first-order valence-corrected chi connectivity index (χ1v) is 10.7. The molecule has 8 heteroatoms. The molecule has 170 valence electrons. The molecule has 1 aromatic heterocycles. The number of nitrogens with one attached hydrogen (secondary N) is 1. The van der Waals surface area contributed by atoms with Crippen LogP contribution in [0.1, 0.15) is 30.8 Å². The van der Waals surface area contributed by atoms with Gasteiger partial charge < -0.3 is 10.2 Å². The van der Waals surface area contributed by atoms with Crippen LogP contribution in [-0.4, -0.2) is 27.5 Å². The van der Waals surface area contributed by atoms with Crippen molar-refractivity contribution < 1.29 is 9.18 Å². The summed E-state index contributed by atoms with van der Waals surface area (Å²) in [4.78, 5) is 32.8. The standard InChI is InChI=1S/C26H22FN5O2/c1-3-23(31(2)26(34)29-19-8-6-7-17(15-19)16-28)24-30-22-10-5-4-9-21(22)25(33)32(24)20-13-11-18(27)12-14-20/h4-15,23H,3H2,1-2H3,(H,29,34). The number of anilines is 1. The van der Waals surface area contributed by atoms with Crippen LogP contribution in [0, 0.1) is 17.1 Å². The van der Waals surface area contributed by atoms with Gasteiger partial charge in [-0.3, -0.25) is 9.36 Å². The molecule has 0 radical (unpaired) electrons. The van der Waals surface area contributed by atoms with Crippen molar-refractivity contribution in [1.82, 2.24) is 14.5 Å². The number of aromatic nitrogens is 2. The Bertz CT molecular complexity index is 1460. The third-order valence-electron chi connectivity index (χ3n) is 5.60. The van der Waals surface area contributed by atoms with E-state index < -0.39 is 17.9 Å². The zero-order valence-electron chi connectivity index (χ0n) is 18.7. The van der Waals surface area contributed by atoms with Gasteiger partial charge in [0, 0.05) is 12.7 Å². The maximum Gasteiger partial charge on any atom is 0.322 e. The lowest BCUT2D eigenvalue weighted by atomic mass is 10.1. The summed E-state index contributed by atoms with van der Waals surface area (Å²) < 4.78 is 15.0. The molecule has 0 aliphatic rings. The van der Waals surface area contributed by atoms with E-state index in [1.165, 1.54) is 33.7 Å². The summed E-state index contributed by atoms with van der Waals surface area (Å²) in [6.07, 6.45) is 0.466. The fourth-order valence-corrected chi connectivity index (χ4v) is 3.86. The van der Waals surface area contributed by atoms with Crippen molar-refractivity contribution in [2.24, 2.45) is 0 Å². The maximum atomic E-state index is 13.6. The number of amides is 2. The predicted octanol–water partition coefficient (Wildman–Crippen LogP) is 5.01. The summed E-state index contributed by atoms with van der Waals surface area (Å²) in [6.45, 7) is 1.89. The Kier molecular flexibility index (Phi) is 6.37. The van der Waals surface area contributed by atoms with Gasteiger partial charge in [0.05, 0.1) is 34.3 Å². The molecule has 0 saturated carbocycles. The molecule has 34 heavy (non-hydrogen) atoms. The number of nitriles is 1. The molecule has 0 aliphatic carbocycles. The quantitative estimate of drug-likeness (QED) is 0.458. The number of nitrogens with zero attached hydrogens (tertiary/aromatic N) is 4. The van der Waals surface area contributed by atoms with E-state index in [9.17, 15) is 14.0 Å². The molecule has 1 unspecified atom stereocenters. The van der Waals surface area contributed by atoms with Gasteiger partial charge in [0.25, 0.3) is 5.56 Å². The molecule has 0 bridgehead atoms. The van der Waals surface area contributed by atoms with Gasteiger partial charge in [-0.1, -0.05) is 25.1 Å². The number of urea groups is 1. The van der Waals surface area contributed by atoms with Crippen molar-refractivity contribution in [1.29, 1.82) is 5.26 Å². The molecule has 0 saturated heterocycles. The third kappa shape index (κ3) is 4.36. The second kappa shape index (κ2) is 9.55. The molecule has 1 heterocycles. The van der Waals surface area contributed by atoms with Gasteiger partial charge in [-0.05, 0) is 61.0 Å². The Labute approximate surface area is 195 Å². The average molecular weight is 455 g/mol. The van der Waals surface area contributed by atoms with E-state index in [1.807, 2.05) is 13.0 Å². The van der Waals surface area contributed by atoms with Gasteiger partial charge in [0.1, 0.15) is 11.6 Å². The molecule has 4 rings (SSSR count). The number of rotatable bonds is 5. The van der Waals surface area contributed by atoms with Crippen LogP contribution in [0.15, 0.2) is 77.6 Å². The Morgan fingerprint density at radius 2 is 1.88 bits per heavy atom. The highest BCUT2D eigenvalue weighted by atomic mass is 19.1. The predicted molar refractivity (Wildman–Crippen MR) is 128 cm³/mol. The molecule has 2 amide bonds. The van der Waals surface area contributed by atoms with Crippen LogP contribution < -0.4 is 10.9 Å². The third-order valence-corrected chi connectivity index (χ3v) is 5.60. The van der Waals surface area contributed by atoms with Crippen LogP contribution in [0.3, 0.4) is 0 Å². The van der Waals surface area contributed by atoms with Gasteiger partial charge in [0.2, 0.25) is 0 Å². The number of hydrogen-bond donors (Lipinski definition) is 1. The van der Waals surface area contributed by atoms with E-state index in [2.05, 4.69) is 5.32 Å². The largest absolute Gasteiger partial charge is 0.322 e. The zero-order valence-corrected chi connectivity index (χ0v) is 18.7. The van der Waals surface area contributed by atoms with Crippen LogP contribution in [0.5, 0.6) is 0 Å². The topological polar surface area (TPSA) is 91.0 Å². The highest BCUT2D eigenvalue weighted by Crippen LogP contribution is 2.26. The first-order chi connectivity index (χ1) is 16.4. The monoisotopic (exact) mass is 455 g/mol. The lowest BCUT2D eigenvalue weighted by Gasteiger charge is -2.29. The highest BCUT2D eigenvalue weighted by molar-refractivity contribution is 5.89. The van der Waals surface area contributed by atoms with Crippen LogP contribution in [0.4, 0.5) is 14.9 Å². The number of halogens is 1. The van der Waals surface area contributed by atoms with Gasteiger partial charge in [-0.2, -0.15) is 5.26 Å². The van der Waals surface area contributed by atoms with Crippen molar-refractivity contribution in [3.05, 3.63) is 100 Å². The van der Waals surface area contributed by atoms with Crippen LogP contribution in [0.25, 0.3) is 16.6 Å². The molecule has 1 atom stereocenters. The number of para-hydroxylation sites is 1. The smallest absolute Gasteiger partial charge is 0.317 e. The molecule has 0 fully saturated rings. The molecule has 7 nitrogen and oxygen atoms in total. The van der Waals surface area contributed by atoms with Crippen molar-refractivity contribution in [3.8, 4) is 11.8 Å². The first-order valence-electron chi connectivity index (χ1n) is 10.7. The Morgan fingerprint density at radius 1 is 1.15 bits per heavy atom. The van der Waals surface area contributed by atoms with Gasteiger partial charge in [0.15, 0.2) is 0 Å². The first kappa shape index (κ1) is 22.7. The zero-order chi connectivity index (χ0) is 24.2. The molecule has 0 aliphatic heterocycles. The average Bonchev–Trinajstić information content (AvgIpc) is 2.85. The molecule has 0 spiro atoms. The molecule has 3 aromatic carbocycles. The molecule has 1 N–H and O–H groups in total. The molecule has 4 aromatic rings. The van der Waals surface area contributed by atoms with E-state index in [-0.39, 0.29) is 5.56 Å². The summed E-state index contributed by atoms with van der Waals surface area (Å²) in [5.41, 5.74) is 1.56. The lowest BCUT2D eigenvalue weighted by Crippen LogP contribution is -2.38. The minimum atomic E-state index is -0.568. The lowest BCUT2D eigenvalue weighted by molar-refractivity contribution is 0.199. The number of benzene rings is 3. The van der Waals surface area contributed by atoms with Gasteiger partial charge >= 0.3 is 6.03 Å². The second-order valence-corrected chi connectivity index (χ2v) is 7.76. The van der Waals surface area contributed by atoms with Crippen LogP contribution in [-0.2, 0) is 0 Å². The Hall–Kier alpha value is -4.51. The number of carbonyl (C=O) groups is 1. The summed E-state index contributed by atoms with van der Waals surface area (Å²) in [6, 6.07) is 20.2. The second-order valence-electron chi connectivity index (χ2n) is 7.76. The minimum Gasteiger partial charge on any atom is -0.317 e. The van der Waals surface area contributed by atoms with Crippen molar-refractivity contribution >= 4 is 22.6 Å². The van der Waals surface area contributed by atoms with E-state index in [0.29, 0.717) is 40.1 Å². The molecular formula is C26H22FN5O2. The van der Waals surface area contributed by atoms with Gasteiger partial charge in [-0.15, -0.1) is 0 Å². The summed E-state index contributed by atoms with van der Waals surface area (Å²) in [7, 11) is 1.62. The number of hydrogen-bond acceptors (Lipinski definition) is 4. The number of fused-ring (bicyclic) bond motifs is 1. The van der Waals surface area contributed by atoms with Crippen molar-refractivity contribution in [2.45, 2.75) is 19.4 Å². The minimum absolute atomic E-state index is 0.304. The van der Waals surface area contributed by atoms with Crippen molar-refractivity contribution in [3.63, 3.8) is 0 Å². The Morgan fingerprint density at radius 3 is 2.59 bits per heavy atom. The highest BCUT2D eigenvalue weighted by Gasteiger charge is 2.26. The number of carbonyl (C=O) groups excluding carboxylic acids is 1. The van der Waals surface area contributed by atoms with E-state index in [0.717, 1.165) is 0 Å². The van der Waals surface area contributed by atoms with Gasteiger partial charge in [-0.25, -0.2) is 14.2 Å². The maximum absolute atomic E-state index is 13.6. The van der Waals surface area contributed by atoms with Crippen molar-refractivity contribution in [2.75, 3.05) is 12.4 Å². The summed E-state index contributed by atoms with van der Waals surface area (Å²) in [5, 5.41) is 12.3. The van der Waals surface area contributed by atoms with Crippen LogP contribution >= 0.6 is 0 Å².